The minimum absolute atomic E-state index is 0.197. The molecule has 0 N–H and O–H groups in total. The maximum Gasteiger partial charge on any atom is 0.282 e. The van der Waals surface area contributed by atoms with Crippen molar-refractivity contribution in [1.29, 1.82) is 0 Å². The first kappa shape index (κ1) is 31.9. The molecule has 0 spiro atoms. The van der Waals surface area contributed by atoms with Crippen LogP contribution in [0.25, 0.3) is 22.3 Å². The molecule has 5 rings (SSSR count). The normalized spacial score (nSPS) is 11.5. The molecule has 0 radical (unpaired) electrons. The molecular formula is C34H30Br3N3O4. The molecule has 0 fully saturated rings. The number of rotatable bonds is 9. The molecule has 0 aliphatic heterocycles. The van der Waals surface area contributed by atoms with E-state index >= 15 is 0 Å². The van der Waals surface area contributed by atoms with Gasteiger partial charge in [-0.15, -0.1) is 0 Å². The van der Waals surface area contributed by atoms with Crippen molar-refractivity contribution in [3.8, 4) is 28.6 Å². The first-order valence-electron chi connectivity index (χ1n) is 13.8. The van der Waals surface area contributed by atoms with Gasteiger partial charge < -0.3 is 14.2 Å². The van der Waals surface area contributed by atoms with E-state index in [1.807, 2.05) is 67.6 Å². The van der Waals surface area contributed by atoms with Crippen LogP contribution < -0.4 is 19.8 Å². The number of benzene rings is 4. The summed E-state index contributed by atoms with van der Waals surface area (Å²) in [6, 6.07) is 20.9. The lowest BCUT2D eigenvalue weighted by Crippen LogP contribution is -2.21. The van der Waals surface area contributed by atoms with E-state index < -0.39 is 0 Å². The monoisotopic (exact) mass is 781 g/mol. The van der Waals surface area contributed by atoms with Gasteiger partial charge in [0, 0.05) is 30.1 Å². The fraction of sp³-hybridized carbons (Fsp3) is 0.206. The van der Waals surface area contributed by atoms with Crippen LogP contribution in [0, 0.1) is 6.92 Å². The lowest BCUT2D eigenvalue weighted by atomic mass is 9.96. The molecule has 0 saturated heterocycles. The summed E-state index contributed by atoms with van der Waals surface area (Å²) in [6.07, 6.45) is 1.62. The largest absolute Gasteiger partial charge is 0.496 e. The second kappa shape index (κ2) is 13.7. The maximum absolute atomic E-state index is 13.8. The van der Waals surface area contributed by atoms with E-state index in [9.17, 15) is 4.79 Å². The van der Waals surface area contributed by atoms with Crippen molar-refractivity contribution in [2.24, 2.45) is 5.10 Å². The van der Waals surface area contributed by atoms with Crippen LogP contribution in [0.4, 0.5) is 0 Å². The van der Waals surface area contributed by atoms with Crippen molar-refractivity contribution in [1.82, 2.24) is 9.66 Å². The third-order valence-electron chi connectivity index (χ3n) is 7.19. The van der Waals surface area contributed by atoms with Crippen molar-refractivity contribution in [2.75, 3.05) is 14.2 Å². The summed E-state index contributed by atoms with van der Waals surface area (Å²) in [5.41, 5.74) is 4.74. The van der Waals surface area contributed by atoms with Gasteiger partial charge in [-0.1, -0.05) is 63.9 Å². The minimum Gasteiger partial charge on any atom is -0.496 e. The van der Waals surface area contributed by atoms with Gasteiger partial charge in [-0.2, -0.15) is 9.78 Å². The highest BCUT2D eigenvalue weighted by Crippen LogP contribution is 2.36. The zero-order valence-corrected chi connectivity index (χ0v) is 29.6. The molecule has 44 heavy (non-hydrogen) atoms. The van der Waals surface area contributed by atoms with Gasteiger partial charge in [0.25, 0.3) is 5.56 Å². The van der Waals surface area contributed by atoms with Crippen LogP contribution in [0.5, 0.6) is 17.2 Å². The van der Waals surface area contributed by atoms with Crippen LogP contribution in [0.3, 0.4) is 0 Å². The highest BCUT2D eigenvalue weighted by molar-refractivity contribution is 9.11. The first-order valence-corrected chi connectivity index (χ1v) is 16.2. The van der Waals surface area contributed by atoms with E-state index in [1.54, 1.807) is 26.5 Å². The van der Waals surface area contributed by atoms with Crippen LogP contribution >= 0.6 is 47.8 Å². The van der Waals surface area contributed by atoms with Gasteiger partial charge in [-0.25, -0.2) is 4.98 Å². The molecule has 0 unspecified atom stereocenters. The van der Waals surface area contributed by atoms with E-state index in [-0.39, 0.29) is 11.5 Å². The predicted octanol–water partition coefficient (Wildman–Crippen LogP) is 9.26. The van der Waals surface area contributed by atoms with Crippen molar-refractivity contribution in [3.05, 3.63) is 113 Å². The maximum atomic E-state index is 13.8. The number of hydrogen-bond donors (Lipinski definition) is 0. The Balaban J connectivity index is 1.58. The van der Waals surface area contributed by atoms with E-state index in [4.69, 9.17) is 19.2 Å². The fourth-order valence-corrected chi connectivity index (χ4v) is 6.39. The van der Waals surface area contributed by atoms with E-state index in [2.05, 4.69) is 66.7 Å². The summed E-state index contributed by atoms with van der Waals surface area (Å²) in [5, 5.41) is 5.16. The summed E-state index contributed by atoms with van der Waals surface area (Å²) < 4.78 is 21.4. The molecule has 0 amide bonds. The van der Waals surface area contributed by atoms with Gasteiger partial charge >= 0.3 is 0 Å². The molecule has 4 aromatic carbocycles. The highest BCUT2D eigenvalue weighted by Gasteiger charge is 2.19. The second-order valence-electron chi connectivity index (χ2n) is 10.4. The summed E-state index contributed by atoms with van der Waals surface area (Å²) in [7, 11) is 3.25. The Kier molecular flexibility index (Phi) is 9.92. The van der Waals surface area contributed by atoms with Gasteiger partial charge in [-0.05, 0) is 88.4 Å². The average molecular weight is 784 g/mol. The highest BCUT2D eigenvalue weighted by atomic mass is 79.9. The smallest absolute Gasteiger partial charge is 0.282 e. The zero-order chi connectivity index (χ0) is 31.5. The Bertz CT molecular complexity index is 1950. The molecule has 10 heteroatoms. The Labute approximate surface area is 281 Å². The first-order chi connectivity index (χ1) is 21.1. The topological polar surface area (TPSA) is 74.9 Å². The average Bonchev–Trinajstić information content (AvgIpc) is 3.00. The molecule has 0 bridgehead atoms. The number of methoxy groups -OCH3 is 2. The molecule has 5 aromatic rings. The van der Waals surface area contributed by atoms with Crippen molar-refractivity contribution in [3.63, 3.8) is 0 Å². The quantitative estimate of drug-likeness (QED) is 0.140. The molecule has 1 heterocycles. The summed E-state index contributed by atoms with van der Waals surface area (Å²) in [4.78, 5) is 18.8. The van der Waals surface area contributed by atoms with Gasteiger partial charge in [0.05, 0.1) is 31.3 Å². The molecule has 226 valence electrons. The summed E-state index contributed by atoms with van der Waals surface area (Å²) in [5.74, 6) is 2.52. The van der Waals surface area contributed by atoms with E-state index in [0.717, 1.165) is 41.4 Å². The Hall–Kier alpha value is -3.47. The number of para-hydroxylation sites is 1. The van der Waals surface area contributed by atoms with Crippen LogP contribution in [0.2, 0.25) is 0 Å². The van der Waals surface area contributed by atoms with Crippen LogP contribution in [-0.2, 0) is 6.61 Å². The number of ether oxygens (including phenoxy) is 3. The van der Waals surface area contributed by atoms with Gasteiger partial charge in [0.1, 0.15) is 12.4 Å². The lowest BCUT2D eigenvalue weighted by molar-refractivity contribution is 0.283. The van der Waals surface area contributed by atoms with Crippen molar-refractivity contribution >= 4 is 64.9 Å². The zero-order valence-electron chi connectivity index (χ0n) is 24.8. The third-order valence-corrected chi connectivity index (χ3v) is 9.11. The van der Waals surface area contributed by atoms with Crippen molar-refractivity contribution < 1.29 is 14.2 Å². The molecule has 1 aromatic heterocycles. The number of aryl methyl sites for hydroxylation is 1. The molecule has 0 aliphatic carbocycles. The van der Waals surface area contributed by atoms with Crippen LogP contribution in [-0.4, -0.2) is 30.1 Å². The number of fused-ring (bicyclic) bond motifs is 1. The van der Waals surface area contributed by atoms with Gasteiger partial charge in [0.15, 0.2) is 17.3 Å². The van der Waals surface area contributed by atoms with Gasteiger partial charge in [-0.3, -0.25) is 4.79 Å². The van der Waals surface area contributed by atoms with Gasteiger partial charge in [0.2, 0.25) is 0 Å². The number of aromatic nitrogens is 2. The third kappa shape index (κ3) is 6.62. The Morgan fingerprint density at radius 2 is 1.66 bits per heavy atom. The molecule has 0 aliphatic rings. The SMILES string of the molecule is COc1cc(C=Nn2c(-c3cc(C(C)C)c(OC)cc3C)nc3ccccc3c2=O)c(Br)cc1OCc1ccc(Br)cc1Br. The molecule has 0 atom stereocenters. The number of halogens is 3. The van der Waals surface area contributed by atoms with Crippen LogP contribution in [0.1, 0.15) is 42.0 Å². The molecular weight excluding hydrogens is 754 g/mol. The lowest BCUT2D eigenvalue weighted by Gasteiger charge is -2.17. The van der Waals surface area contributed by atoms with Crippen molar-refractivity contribution in [2.45, 2.75) is 33.3 Å². The number of hydrogen-bond acceptors (Lipinski definition) is 6. The summed E-state index contributed by atoms with van der Waals surface area (Å²) >= 11 is 10.7. The molecule has 0 saturated carbocycles. The standard InChI is InChI=1S/C34H30Br3N3O4/c1-19(2)25-15-26(20(3)12-30(25)42-4)33-39-29-9-7-6-8-24(29)34(41)40(33)38-17-22-13-31(43-5)32(16-28(22)37)44-18-21-10-11-23(35)14-27(21)36/h6-17,19H,18H2,1-5H3. The summed E-state index contributed by atoms with van der Waals surface area (Å²) in [6.45, 7) is 6.52. The predicted molar refractivity (Wildman–Crippen MR) is 187 cm³/mol. The number of nitrogens with zero attached hydrogens (tertiary/aromatic N) is 3. The second-order valence-corrected chi connectivity index (χ2v) is 13.1. The Morgan fingerprint density at radius 1 is 0.909 bits per heavy atom. The van der Waals surface area contributed by atoms with Crippen LogP contribution in [0.15, 0.2) is 90.0 Å². The fourth-order valence-electron chi connectivity index (χ4n) is 4.81. The minimum atomic E-state index is -0.272. The Morgan fingerprint density at radius 3 is 2.36 bits per heavy atom. The van der Waals surface area contributed by atoms with E-state index in [0.29, 0.717) is 40.4 Å². The van der Waals surface area contributed by atoms with E-state index in [1.165, 1.54) is 4.68 Å². The molecule has 7 nitrogen and oxygen atoms in total.